The Morgan fingerprint density at radius 3 is 1.50 bits per heavy atom. The van der Waals surface area contributed by atoms with Gasteiger partial charge < -0.3 is 5.73 Å². The third-order valence-corrected chi connectivity index (χ3v) is 7.19. The summed E-state index contributed by atoms with van der Waals surface area (Å²) in [5, 5.41) is 0. The second-order valence-corrected chi connectivity index (χ2v) is 7.38. The van der Waals surface area contributed by atoms with Crippen molar-refractivity contribution in [3.05, 3.63) is 0 Å². The van der Waals surface area contributed by atoms with E-state index >= 15 is 0 Å². The van der Waals surface area contributed by atoms with Gasteiger partial charge in [-0.15, -0.1) is 12.4 Å². The maximum absolute atomic E-state index is 7.08. The quantitative estimate of drug-likeness (QED) is 0.802. The van der Waals surface area contributed by atoms with Gasteiger partial charge in [-0.2, -0.15) is 0 Å². The lowest BCUT2D eigenvalue weighted by molar-refractivity contribution is -0.187. The fraction of sp³-hybridized carbons (Fsp3) is 1.00. The molecule has 0 radical (unpaired) electrons. The summed E-state index contributed by atoms with van der Waals surface area (Å²) in [7, 11) is 0. The van der Waals surface area contributed by atoms with Crippen molar-refractivity contribution in [1.82, 2.24) is 0 Å². The molecule has 106 valence electrons. The van der Waals surface area contributed by atoms with Crippen LogP contribution in [0.4, 0.5) is 0 Å². The van der Waals surface area contributed by atoms with E-state index in [2.05, 4.69) is 20.8 Å². The summed E-state index contributed by atoms with van der Waals surface area (Å²) in [6.07, 6.45) is 11.1. The molecule has 4 aliphatic carbocycles. The molecule has 0 spiro atoms. The number of halogens is 1. The fourth-order valence-electron chi connectivity index (χ4n) is 6.58. The van der Waals surface area contributed by atoms with E-state index in [9.17, 15) is 0 Å². The van der Waals surface area contributed by atoms with Crippen molar-refractivity contribution in [2.45, 2.75) is 77.7 Å². The van der Waals surface area contributed by atoms with Crippen molar-refractivity contribution in [3.8, 4) is 0 Å². The first-order valence-electron chi connectivity index (χ1n) is 7.83. The summed E-state index contributed by atoms with van der Waals surface area (Å²) in [4.78, 5) is 0. The van der Waals surface area contributed by atoms with Crippen molar-refractivity contribution >= 4 is 12.4 Å². The summed E-state index contributed by atoms with van der Waals surface area (Å²) < 4.78 is 0. The molecule has 0 aromatic heterocycles. The highest BCUT2D eigenvalue weighted by atomic mass is 35.5. The highest BCUT2D eigenvalue weighted by Gasteiger charge is 2.67. The maximum Gasteiger partial charge on any atom is 0.0266 e. The molecule has 0 heterocycles. The Labute approximate surface area is 119 Å². The Bertz CT molecular complexity index is 287. The smallest absolute Gasteiger partial charge is 0.0266 e. The molecule has 4 rings (SSSR count). The van der Waals surface area contributed by atoms with Gasteiger partial charge in [-0.05, 0) is 74.0 Å². The van der Waals surface area contributed by atoms with Crippen LogP contribution in [0.2, 0.25) is 0 Å². The molecule has 0 unspecified atom stereocenters. The summed E-state index contributed by atoms with van der Waals surface area (Å²) >= 11 is 0. The minimum atomic E-state index is 0. The number of nitrogens with two attached hydrogens (primary N) is 1. The van der Waals surface area contributed by atoms with Gasteiger partial charge in [-0.3, -0.25) is 0 Å². The molecule has 2 N–H and O–H groups in total. The highest BCUT2D eigenvalue weighted by Crippen LogP contribution is 2.71. The predicted octanol–water partition coefficient (Wildman–Crippen LogP) is 4.53. The number of hydrogen-bond donors (Lipinski definition) is 1. The SMILES string of the molecule is CCC12CC3CC(C1)CC(CC)(C3)C2(N)CC.Cl. The zero-order valence-electron chi connectivity index (χ0n) is 12.3. The van der Waals surface area contributed by atoms with E-state index in [-0.39, 0.29) is 17.9 Å². The first-order valence-corrected chi connectivity index (χ1v) is 7.83. The second-order valence-electron chi connectivity index (χ2n) is 7.38. The molecule has 0 amide bonds. The van der Waals surface area contributed by atoms with Crippen LogP contribution in [0.3, 0.4) is 0 Å². The summed E-state index contributed by atoms with van der Waals surface area (Å²) in [5.74, 6) is 2.01. The van der Waals surface area contributed by atoms with Gasteiger partial charge in [0.1, 0.15) is 0 Å². The largest absolute Gasteiger partial charge is 0.324 e. The average molecular weight is 272 g/mol. The van der Waals surface area contributed by atoms with Gasteiger partial charge >= 0.3 is 0 Å². The molecule has 4 bridgehead atoms. The van der Waals surface area contributed by atoms with Crippen LogP contribution < -0.4 is 5.73 Å². The minimum absolute atomic E-state index is 0. The standard InChI is InChI=1S/C16H29N.ClH/c1-4-14-8-12-7-13(9-14)11-15(5-2,10-12)16(14,17)6-3;/h12-13H,4-11,17H2,1-3H3;1H. The molecule has 0 aromatic rings. The summed E-state index contributed by atoms with van der Waals surface area (Å²) in [6, 6.07) is 0. The molecule has 2 heteroatoms. The lowest BCUT2D eigenvalue weighted by atomic mass is 9.35. The van der Waals surface area contributed by atoms with E-state index in [1.807, 2.05) is 0 Å². The number of rotatable bonds is 3. The Hall–Kier alpha value is 0.250. The van der Waals surface area contributed by atoms with Crippen LogP contribution in [-0.2, 0) is 0 Å². The van der Waals surface area contributed by atoms with Crippen LogP contribution in [0.1, 0.15) is 72.1 Å². The Balaban J connectivity index is 0.00000120. The third kappa shape index (κ3) is 1.44. The Kier molecular flexibility index (Phi) is 3.57. The molecule has 0 aromatic carbocycles. The van der Waals surface area contributed by atoms with E-state index < -0.39 is 0 Å². The van der Waals surface area contributed by atoms with Gasteiger partial charge in [-0.25, -0.2) is 0 Å². The van der Waals surface area contributed by atoms with Gasteiger partial charge in [0.15, 0.2) is 0 Å². The summed E-state index contributed by atoms with van der Waals surface area (Å²) in [5.41, 5.74) is 8.19. The molecule has 4 fully saturated rings. The van der Waals surface area contributed by atoms with Crippen molar-refractivity contribution < 1.29 is 0 Å². The van der Waals surface area contributed by atoms with Gasteiger partial charge in [0.05, 0.1) is 0 Å². The minimum Gasteiger partial charge on any atom is -0.324 e. The third-order valence-electron chi connectivity index (χ3n) is 7.19. The van der Waals surface area contributed by atoms with Crippen LogP contribution >= 0.6 is 12.4 Å². The van der Waals surface area contributed by atoms with Crippen molar-refractivity contribution in [2.75, 3.05) is 0 Å². The lowest BCUT2D eigenvalue weighted by Crippen LogP contribution is -2.73. The molecule has 1 nitrogen and oxygen atoms in total. The van der Waals surface area contributed by atoms with E-state index in [1.54, 1.807) is 0 Å². The van der Waals surface area contributed by atoms with Crippen molar-refractivity contribution in [3.63, 3.8) is 0 Å². The molecular formula is C16H30ClN. The van der Waals surface area contributed by atoms with Gasteiger partial charge in [0.25, 0.3) is 0 Å². The van der Waals surface area contributed by atoms with Crippen molar-refractivity contribution in [2.24, 2.45) is 28.4 Å². The maximum atomic E-state index is 7.08. The first kappa shape index (κ1) is 14.7. The molecule has 4 saturated carbocycles. The highest BCUT2D eigenvalue weighted by molar-refractivity contribution is 5.85. The molecule has 4 aliphatic rings. The van der Waals surface area contributed by atoms with Crippen LogP contribution in [0.5, 0.6) is 0 Å². The summed E-state index contributed by atoms with van der Waals surface area (Å²) in [6.45, 7) is 7.14. The van der Waals surface area contributed by atoms with Gasteiger partial charge in [0.2, 0.25) is 0 Å². The molecule has 0 saturated heterocycles. The van der Waals surface area contributed by atoms with E-state index in [0.29, 0.717) is 10.8 Å². The van der Waals surface area contributed by atoms with Crippen LogP contribution in [-0.4, -0.2) is 5.54 Å². The normalized spacial score (nSPS) is 53.3. The van der Waals surface area contributed by atoms with Crippen molar-refractivity contribution in [1.29, 1.82) is 0 Å². The second kappa shape index (κ2) is 4.38. The zero-order chi connectivity index (χ0) is 12.3. The zero-order valence-corrected chi connectivity index (χ0v) is 13.1. The van der Waals surface area contributed by atoms with Gasteiger partial charge in [0, 0.05) is 5.54 Å². The predicted molar refractivity (Wildman–Crippen MR) is 80.0 cm³/mol. The Morgan fingerprint density at radius 2 is 1.22 bits per heavy atom. The Morgan fingerprint density at radius 1 is 0.833 bits per heavy atom. The molecule has 0 atom stereocenters. The first-order chi connectivity index (χ1) is 8.05. The molecule has 0 aliphatic heterocycles. The van der Waals surface area contributed by atoms with Crippen LogP contribution in [0.15, 0.2) is 0 Å². The van der Waals surface area contributed by atoms with E-state index in [4.69, 9.17) is 5.73 Å². The molecule has 18 heavy (non-hydrogen) atoms. The van der Waals surface area contributed by atoms with E-state index in [0.717, 1.165) is 11.8 Å². The van der Waals surface area contributed by atoms with Gasteiger partial charge in [-0.1, -0.05) is 20.8 Å². The fourth-order valence-corrected chi connectivity index (χ4v) is 6.58. The van der Waals surface area contributed by atoms with Crippen LogP contribution in [0, 0.1) is 22.7 Å². The molecular weight excluding hydrogens is 242 g/mol. The lowest BCUT2D eigenvalue weighted by Gasteiger charge is -2.72. The average Bonchev–Trinajstić information content (AvgIpc) is 2.34. The van der Waals surface area contributed by atoms with Crippen LogP contribution in [0.25, 0.3) is 0 Å². The topological polar surface area (TPSA) is 26.0 Å². The number of hydrogen-bond acceptors (Lipinski definition) is 1. The monoisotopic (exact) mass is 271 g/mol. The van der Waals surface area contributed by atoms with E-state index in [1.165, 1.54) is 51.4 Å².